The minimum Gasteiger partial charge on any atom is -0.305 e. The molecule has 88 valence electrons. The lowest BCUT2D eigenvalue weighted by molar-refractivity contribution is 0.557. The van der Waals surface area contributed by atoms with E-state index in [1.807, 2.05) is 61.5 Å². The highest BCUT2D eigenvalue weighted by Gasteiger charge is 2.19. The first-order valence-corrected chi connectivity index (χ1v) is 6.56. The van der Waals surface area contributed by atoms with Crippen LogP contribution in [-0.4, -0.2) is 8.76 Å². The lowest BCUT2D eigenvalue weighted by Crippen LogP contribution is -2.07. The van der Waals surface area contributed by atoms with Crippen molar-refractivity contribution in [2.75, 3.05) is 0 Å². The molecule has 17 heavy (non-hydrogen) atoms. The lowest BCUT2D eigenvalue weighted by Gasteiger charge is -2.14. The van der Waals surface area contributed by atoms with Gasteiger partial charge in [0.05, 0.1) is 0 Å². The molecule has 2 rings (SSSR count). The van der Waals surface area contributed by atoms with Crippen molar-refractivity contribution in [3.63, 3.8) is 0 Å². The van der Waals surface area contributed by atoms with Gasteiger partial charge in [-0.15, -0.1) is 0 Å². The molecule has 2 aromatic rings. The molecule has 2 unspecified atom stereocenters. The molecule has 0 aliphatic heterocycles. The number of aryl methyl sites for hydroxylation is 1. The van der Waals surface area contributed by atoms with Crippen molar-refractivity contribution < 1.29 is 8.76 Å². The molecule has 2 atom stereocenters. The Morgan fingerprint density at radius 2 is 1.47 bits per heavy atom. The van der Waals surface area contributed by atoms with Gasteiger partial charge in [0, 0.05) is 0 Å². The van der Waals surface area contributed by atoms with Gasteiger partial charge >= 0.3 is 0 Å². The minimum atomic E-state index is -1.91. The molecule has 0 radical (unpaired) electrons. The second kappa shape index (κ2) is 5.25. The molecule has 0 aliphatic carbocycles. The van der Waals surface area contributed by atoms with Crippen molar-refractivity contribution in [1.29, 1.82) is 0 Å². The van der Waals surface area contributed by atoms with Gasteiger partial charge in [-0.05, 0) is 18.1 Å². The molecular weight excluding hydrogens is 232 g/mol. The third kappa shape index (κ3) is 2.81. The van der Waals surface area contributed by atoms with Gasteiger partial charge in [-0.3, -0.25) is 0 Å². The maximum absolute atomic E-state index is 11.5. The average molecular weight is 246 g/mol. The van der Waals surface area contributed by atoms with E-state index in [4.69, 9.17) is 0 Å². The van der Waals surface area contributed by atoms with Crippen LogP contribution in [-0.2, 0) is 11.1 Å². The van der Waals surface area contributed by atoms with Crippen molar-refractivity contribution in [2.45, 2.75) is 12.2 Å². The molecule has 0 saturated carbocycles. The zero-order valence-electron chi connectivity index (χ0n) is 9.54. The first kappa shape index (κ1) is 12.0. The quantitative estimate of drug-likeness (QED) is 0.844. The topological polar surface area (TPSA) is 37.3 Å². The normalized spacial score (nSPS) is 14.2. The third-order valence-corrected chi connectivity index (χ3v) is 3.63. The zero-order chi connectivity index (χ0) is 12.3. The molecule has 0 aliphatic rings. The Hall–Kier alpha value is -1.45. The molecule has 1 N–H and O–H groups in total. The smallest absolute Gasteiger partial charge is 0.165 e. The van der Waals surface area contributed by atoms with Gasteiger partial charge < -0.3 is 4.55 Å². The van der Waals surface area contributed by atoms with Crippen LogP contribution in [0.25, 0.3) is 0 Å². The SMILES string of the molecule is Cc1ccc(C(c2ccccc2)S(=O)O)cc1. The molecule has 0 heterocycles. The predicted octanol–water partition coefficient (Wildman–Crippen LogP) is 3.31. The Bertz CT molecular complexity index is 506. The van der Waals surface area contributed by atoms with Crippen LogP contribution in [0.15, 0.2) is 54.6 Å². The van der Waals surface area contributed by atoms with Gasteiger partial charge in [0.2, 0.25) is 0 Å². The Morgan fingerprint density at radius 1 is 0.941 bits per heavy atom. The molecule has 0 fully saturated rings. The van der Waals surface area contributed by atoms with E-state index in [0.717, 1.165) is 16.7 Å². The molecule has 0 saturated heterocycles. The van der Waals surface area contributed by atoms with Crippen LogP contribution in [0.4, 0.5) is 0 Å². The molecule has 2 nitrogen and oxygen atoms in total. The van der Waals surface area contributed by atoms with Crippen LogP contribution in [0, 0.1) is 6.92 Å². The fourth-order valence-electron chi connectivity index (χ4n) is 1.79. The second-order valence-corrected chi connectivity index (χ2v) is 5.00. The number of hydrogen-bond acceptors (Lipinski definition) is 1. The molecule has 0 amide bonds. The minimum absolute atomic E-state index is 0.475. The van der Waals surface area contributed by atoms with Crippen LogP contribution < -0.4 is 0 Å². The largest absolute Gasteiger partial charge is 0.305 e. The molecular formula is C14H14O2S. The van der Waals surface area contributed by atoms with E-state index in [2.05, 4.69) is 0 Å². The fourth-order valence-corrected chi connectivity index (χ4v) is 2.57. The zero-order valence-corrected chi connectivity index (χ0v) is 10.4. The monoisotopic (exact) mass is 246 g/mol. The van der Waals surface area contributed by atoms with Crippen LogP contribution >= 0.6 is 0 Å². The Labute approximate surface area is 104 Å². The molecule has 3 heteroatoms. The summed E-state index contributed by atoms with van der Waals surface area (Å²) in [4.78, 5) is 0. The van der Waals surface area contributed by atoms with E-state index in [-0.39, 0.29) is 0 Å². The summed E-state index contributed by atoms with van der Waals surface area (Å²) in [6, 6.07) is 17.1. The van der Waals surface area contributed by atoms with Crippen LogP contribution in [0.5, 0.6) is 0 Å². The van der Waals surface area contributed by atoms with E-state index in [1.54, 1.807) is 0 Å². The fraction of sp³-hybridized carbons (Fsp3) is 0.143. The Kier molecular flexibility index (Phi) is 3.71. The second-order valence-electron chi connectivity index (χ2n) is 3.98. The summed E-state index contributed by atoms with van der Waals surface area (Å²) < 4.78 is 21.0. The van der Waals surface area contributed by atoms with Crippen LogP contribution in [0.3, 0.4) is 0 Å². The molecule has 2 aromatic carbocycles. The van der Waals surface area contributed by atoms with Gasteiger partial charge in [0.1, 0.15) is 5.25 Å². The predicted molar refractivity (Wildman–Crippen MR) is 70.2 cm³/mol. The standard InChI is InChI=1S/C14H14O2S/c1-11-7-9-13(10-8-11)14(17(15)16)12-5-3-2-4-6-12/h2-10,14H,1H3,(H,15,16). The summed E-state index contributed by atoms with van der Waals surface area (Å²) in [7, 11) is 0. The van der Waals surface area contributed by atoms with E-state index < -0.39 is 16.3 Å². The third-order valence-electron chi connectivity index (χ3n) is 2.68. The maximum atomic E-state index is 11.5. The number of benzene rings is 2. The van der Waals surface area contributed by atoms with E-state index >= 15 is 0 Å². The van der Waals surface area contributed by atoms with E-state index in [1.165, 1.54) is 0 Å². The van der Waals surface area contributed by atoms with E-state index in [9.17, 15) is 8.76 Å². The Balaban J connectivity index is 2.43. The van der Waals surface area contributed by atoms with Gasteiger partial charge in [-0.2, -0.15) is 0 Å². The molecule has 0 spiro atoms. The van der Waals surface area contributed by atoms with Crippen LogP contribution in [0.1, 0.15) is 21.9 Å². The molecule has 0 aromatic heterocycles. The summed E-state index contributed by atoms with van der Waals surface area (Å²) >= 11 is -1.91. The summed E-state index contributed by atoms with van der Waals surface area (Å²) in [5, 5.41) is -0.475. The first-order chi connectivity index (χ1) is 8.18. The van der Waals surface area contributed by atoms with E-state index in [0.29, 0.717) is 0 Å². The van der Waals surface area contributed by atoms with Gasteiger partial charge in [-0.1, -0.05) is 60.2 Å². The maximum Gasteiger partial charge on any atom is 0.165 e. The Morgan fingerprint density at radius 3 is 2.00 bits per heavy atom. The number of hydrogen-bond donors (Lipinski definition) is 1. The highest BCUT2D eigenvalue weighted by molar-refractivity contribution is 7.79. The first-order valence-electron chi connectivity index (χ1n) is 5.39. The van der Waals surface area contributed by atoms with Crippen molar-refractivity contribution in [1.82, 2.24) is 0 Å². The number of rotatable bonds is 3. The van der Waals surface area contributed by atoms with Gasteiger partial charge in [0.15, 0.2) is 11.1 Å². The summed E-state index contributed by atoms with van der Waals surface area (Å²) in [6.07, 6.45) is 0. The van der Waals surface area contributed by atoms with Crippen molar-refractivity contribution in [2.24, 2.45) is 0 Å². The van der Waals surface area contributed by atoms with Crippen LogP contribution in [0.2, 0.25) is 0 Å². The lowest BCUT2D eigenvalue weighted by atomic mass is 10.0. The van der Waals surface area contributed by atoms with Gasteiger partial charge in [-0.25, -0.2) is 4.21 Å². The average Bonchev–Trinajstić information content (AvgIpc) is 2.33. The highest BCUT2D eigenvalue weighted by atomic mass is 32.2. The highest BCUT2D eigenvalue weighted by Crippen LogP contribution is 2.27. The summed E-state index contributed by atoms with van der Waals surface area (Å²) in [5.74, 6) is 0. The summed E-state index contributed by atoms with van der Waals surface area (Å²) in [5.41, 5.74) is 2.86. The van der Waals surface area contributed by atoms with Gasteiger partial charge in [0.25, 0.3) is 0 Å². The molecule has 0 bridgehead atoms. The van der Waals surface area contributed by atoms with Crippen molar-refractivity contribution >= 4 is 11.1 Å². The van der Waals surface area contributed by atoms with Crippen molar-refractivity contribution in [3.8, 4) is 0 Å². The van der Waals surface area contributed by atoms with Crippen molar-refractivity contribution in [3.05, 3.63) is 71.3 Å². The summed E-state index contributed by atoms with van der Waals surface area (Å²) in [6.45, 7) is 2.00.